The van der Waals surface area contributed by atoms with Crippen LogP contribution in [-0.4, -0.2) is 25.0 Å². The van der Waals surface area contributed by atoms with Gasteiger partial charge in [-0.1, -0.05) is 30.4 Å². The van der Waals surface area contributed by atoms with Crippen molar-refractivity contribution in [3.63, 3.8) is 0 Å². The maximum atomic E-state index is 5.97. The summed E-state index contributed by atoms with van der Waals surface area (Å²) in [5.74, 6) is 0.733. The van der Waals surface area contributed by atoms with Gasteiger partial charge in [-0.25, -0.2) is 0 Å². The number of piperidine rings is 1. The lowest BCUT2D eigenvalue weighted by molar-refractivity contribution is 0.240. The van der Waals surface area contributed by atoms with Crippen LogP contribution in [0.25, 0.3) is 0 Å². The summed E-state index contributed by atoms with van der Waals surface area (Å²) in [6.45, 7) is 4.42. The molecule has 0 aromatic carbocycles. The Balaban J connectivity index is 0.00000180. The topological polar surface area (TPSA) is 29.3 Å². The zero-order chi connectivity index (χ0) is 13.0. The summed E-state index contributed by atoms with van der Waals surface area (Å²) in [5.41, 5.74) is 9.51. The molecule has 0 atom stereocenters. The van der Waals surface area contributed by atoms with E-state index in [9.17, 15) is 0 Å². The molecule has 0 saturated carbocycles. The minimum atomic E-state index is 0. The van der Waals surface area contributed by atoms with E-state index in [0.717, 1.165) is 23.6 Å². The van der Waals surface area contributed by atoms with Crippen LogP contribution in [-0.2, 0) is 0 Å². The molecule has 1 aliphatic carbocycles. The Hall–Kier alpha value is -1.28. The zero-order valence-corrected chi connectivity index (χ0v) is 11.5. The van der Waals surface area contributed by atoms with E-state index in [0.29, 0.717) is 0 Å². The van der Waals surface area contributed by atoms with Crippen LogP contribution in [0.3, 0.4) is 0 Å². The maximum Gasteiger partial charge on any atom is 0.0341 e. The zero-order valence-electron chi connectivity index (χ0n) is 11.5. The van der Waals surface area contributed by atoms with Crippen molar-refractivity contribution in [3.8, 4) is 0 Å². The van der Waals surface area contributed by atoms with Gasteiger partial charge in [0.25, 0.3) is 0 Å². The van der Waals surface area contributed by atoms with Gasteiger partial charge in [-0.15, -0.1) is 0 Å². The van der Waals surface area contributed by atoms with E-state index in [1.54, 1.807) is 0 Å². The summed E-state index contributed by atoms with van der Waals surface area (Å²) >= 11 is 0. The first-order valence-corrected chi connectivity index (χ1v) is 6.89. The van der Waals surface area contributed by atoms with E-state index in [1.165, 1.54) is 31.5 Å². The molecule has 0 unspecified atom stereocenters. The monoisotopic (exact) mass is 246 g/mol. The molecule has 1 saturated heterocycles. The van der Waals surface area contributed by atoms with Crippen molar-refractivity contribution in [2.75, 3.05) is 20.1 Å². The quantitative estimate of drug-likeness (QED) is 0.810. The van der Waals surface area contributed by atoms with Gasteiger partial charge in [0, 0.05) is 7.12 Å². The number of allylic oxidation sites excluding steroid dienone is 6. The first kappa shape index (κ1) is 13.2. The average molecular weight is 246 g/mol. The molecule has 0 radical (unpaired) electrons. The second-order valence-electron chi connectivity index (χ2n) is 5.25. The van der Waals surface area contributed by atoms with E-state index < -0.39 is 0 Å². The van der Waals surface area contributed by atoms with E-state index in [2.05, 4.69) is 36.3 Å². The molecule has 2 rings (SSSR count). The summed E-state index contributed by atoms with van der Waals surface area (Å²) in [5, 5.41) is 0. The predicted molar refractivity (Wildman–Crippen MR) is 80.2 cm³/mol. The molecule has 0 bridgehead atoms. The fraction of sp³-hybridized carbons (Fsp3) is 0.500. The van der Waals surface area contributed by atoms with Crippen molar-refractivity contribution in [1.29, 1.82) is 0 Å². The third kappa shape index (κ3) is 3.14. The fourth-order valence-corrected chi connectivity index (χ4v) is 2.67. The molecule has 2 nitrogen and oxygen atoms in total. The van der Waals surface area contributed by atoms with E-state index in [1.807, 2.05) is 13.0 Å². The van der Waals surface area contributed by atoms with Gasteiger partial charge in [-0.05, 0) is 63.4 Å². The Kier molecular flexibility index (Phi) is 4.43. The molecule has 2 aliphatic rings. The first-order chi connectivity index (χ1) is 8.70. The van der Waals surface area contributed by atoms with Crippen LogP contribution in [0.5, 0.6) is 0 Å². The summed E-state index contributed by atoms with van der Waals surface area (Å²) in [6.07, 6.45) is 14.5. The third-order valence-corrected chi connectivity index (χ3v) is 3.98. The van der Waals surface area contributed by atoms with Crippen LogP contribution in [0.2, 0.25) is 0 Å². The second-order valence-corrected chi connectivity index (χ2v) is 5.25. The largest absolute Gasteiger partial charge is 0.399 e. The fourth-order valence-electron chi connectivity index (χ4n) is 2.67. The minimum absolute atomic E-state index is 0. The molecule has 100 valence electrons. The number of rotatable bonds is 2. The van der Waals surface area contributed by atoms with Crippen molar-refractivity contribution < 1.29 is 1.43 Å². The van der Waals surface area contributed by atoms with Crippen molar-refractivity contribution in [2.24, 2.45) is 11.7 Å². The normalized spacial score (nSPS) is 23.6. The molecule has 18 heavy (non-hydrogen) atoms. The number of hydrogen-bond acceptors (Lipinski definition) is 2. The summed E-state index contributed by atoms with van der Waals surface area (Å²) in [4.78, 5) is 2.42. The van der Waals surface area contributed by atoms with Gasteiger partial charge in [-0.2, -0.15) is 0 Å². The number of hydrogen-bond donors (Lipinski definition) is 1. The van der Waals surface area contributed by atoms with Crippen LogP contribution in [0, 0.1) is 5.92 Å². The highest BCUT2D eigenvalue weighted by Gasteiger charge is 2.19. The SMILES string of the molecule is C/C=C(\N)C1=CCC=C(C2CCN(C)CC2)C=C1.[HH]. The highest BCUT2D eigenvalue weighted by atomic mass is 15.1. The molecule has 0 aromatic rings. The van der Waals surface area contributed by atoms with Crippen LogP contribution >= 0.6 is 0 Å². The van der Waals surface area contributed by atoms with E-state index in [4.69, 9.17) is 5.73 Å². The number of likely N-dealkylation sites (tertiary alicyclic amines) is 1. The van der Waals surface area contributed by atoms with Gasteiger partial charge >= 0.3 is 0 Å². The standard InChI is InChI=1S/C16H24N2.H2/c1-3-16(17)15-6-4-5-13(7-8-15)14-9-11-18(2)12-10-14;/h3,5-8,14H,4,9-12,17H2,1-2H3;1H/b16-3-;. The Morgan fingerprint density at radius 2 is 2.06 bits per heavy atom. The van der Waals surface area contributed by atoms with Crippen molar-refractivity contribution in [2.45, 2.75) is 26.2 Å². The lowest BCUT2D eigenvalue weighted by atomic mass is 9.88. The third-order valence-electron chi connectivity index (χ3n) is 3.98. The van der Waals surface area contributed by atoms with Crippen LogP contribution in [0.1, 0.15) is 27.6 Å². The van der Waals surface area contributed by atoms with Crippen molar-refractivity contribution in [1.82, 2.24) is 4.90 Å². The highest BCUT2D eigenvalue weighted by molar-refractivity contribution is 5.43. The van der Waals surface area contributed by atoms with Gasteiger partial charge < -0.3 is 10.6 Å². The molecule has 1 heterocycles. The smallest absolute Gasteiger partial charge is 0.0341 e. The lowest BCUT2D eigenvalue weighted by Gasteiger charge is -2.29. The molecule has 2 heteroatoms. The Labute approximate surface area is 112 Å². The average Bonchev–Trinajstić information content (AvgIpc) is 2.64. The highest BCUT2D eigenvalue weighted by Crippen LogP contribution is 2.27. The first-order valence-electron chi connectivity index (χ1n) is 6.89. The van der Waals surface area contributed by atoms with Gasteiger partial charge in [0.2, 0.25) is 0 Å². The molecule has 2 N–H and O–H groups in total. The summed E-state index contributed by atoms with van der Waals surface area (Å²) in [7, 11) is 2.21. The molecule has 0 aromatic heterocycles. The van der Waals surface area contributed by atoms with Gasteiger partial charge in [0.05, 0.1) is 0 Å². The van der Waals surface area contributed by atoms with Crippen LogP contribution in [0.15, 0.2) is 47.2 Å². The maximum absolute atomic E-state index is 5.97. The molecular weight excluding hydrogens is 220 g/mol. The predicted octanol–water partition coefficient (Wildman–Crippen LogP) is 3.25. The van der Waals surface area contributed by atoms with Gasteiger partial charge in [0.1, 0.15) is 0 Å². The summed E-state index contributed by atoms with van der Waals surface area (Å²) < 4.78 is 0. The van der Waals surface area contributed by atoms with Crippen molar-refractivity contribution >= 4 is 0 Å². The number of nitrogens with zero attached hydrogens (tertiary/aromatic N) is 1. The second kappa shape index (κ2) is 6.05. The van der Waals surface area contributed by atoms with Gasteiger partial charge in [-0.3, -0.25) is 0 Å². The Morgan fingerprint density at radius 1 is 1.33 bits per heavy atom. The van der Waals surface area contributed by atoms with Crippen LogP contribution in [0.4, 0.5) is 0 Å². The Morgan fingerprint density at radius 3 is 2.72 bits per heavy atom. The van der Waals surface area contributed by atoms with Gasteiger partial charge in [0.15, 0.2) is 0 Å². The van der Waals surface area contributed by atoms with Crippen molar-refractivity contribution in [3.05, 3.63) is 47.2 Å². The molecular formula is C16H26N2. The van der Waals surface area contributed by atoms with E-state index >= 15 is 0 Å². The minimum Gasteiger partial charge on any atom is -0.399 e. The molecule has 0 spiro atoms. The Bertz CT molecular complexity index is 410. The lowest BCUT2D eigenvalue weighted by Crippen LogP contribution is -2.30. The summed E-state index contributed by atoms with van der Waals surface area (Å²) in [6, 6.07) is 0. The molecule has 1 aliphatic heterocycles. The van der Waals surface area contributed by atoms with E-state index in [-0.39, 0.29) is 1.43 Å². The molecule has 1 fully saturated rings. The molecule has 0 amide bonds. The number of nitrogens with two attached hydrogens (primary N) is 1. The van der Waals surface area contributed by atoms with Crippen LogP contribution < -0.4 is 5.73 Å².